The van der Waals surface area contributed by atoms with Gasteiger partial charge in [0, 0.05) is 0 Å². The first-order valence-electron chi connectivity index (χ1n) is 0.365. The molecule has 0 aromatic heterocycles. The van der Waals surface area contributed by atoms with Gasteiger partial charge in [-0.1, -0.05) is 0 Å². The molecule has 4 nitrogen and oxygen atoms in total. The molecule has 2 N–H and O–H groups in total. The Morgan fingerprint density at radius 1 is 0.800 bits per heavy atom. The largest absolute Gasteiger partial charge is 2.00 e. The first-order valence-corrected chi connectivity index (χ1v) is 0.365. The van der Waals surface area contributed by atoms with Crippen LogP contribution < -0.4 is 10.5 Å². The van der Waals surface area contributed by atoms with E-state index >= 15 is 0 Å². The third-order valence-electron chi connectivity index (χ3n) is 0. The van der Waals surface area contributed by atoms with Crippen molar-refractivity contribution in [2.75, 3.05) is 0 Å². The van der Waals surface area contributed by atoms with Gasteiger partial charge in [-0.2, -0.15) is 0 Å². The Bertz CT molecular complexity index is 3.61. The summed E-state index contributed by atoms with van der Waals surface area (Å²) >= 11 is 0. The molecule has 0 saturated carbocycles. The van der Waals surface area contributed by atoms with Crippen LogP contribution in [0.3, 0.4) is 0 Å². The maximum absolute atomic E-state index is 7.25. The molecule has 0 saturated heterocycles. The Balaban J connectivity index is -0.0000000133. The Morgan fingerprint density at radius 3 is 0.800 bits per heavy atom. The van der Waals surface area contributed by atoms with E-state index in [1.54, 1.807) is 0 Å². The average molecular weight is 125 g/mol. The van der Waals surface area contributed by atoms with E-state index in [-0.39, 0.29) is 16.8 Å². The van der Waals surface area contributed by atoms with E-state index in [1.807, 2.05) is 0 Å². The quantitative estimate of drug-likeness (QED) is 0.280. The topological polar surface area (TPSA) is 86.6 Å². The van der Waals surface area contributed by atoms with Crippen LogP contribution in [0.15, 0.2) is 0 Å². The van der Waals surface area contributed by atoms with Crippen molar-refractivity contribution in [3.05, 3.63) is 0 Å². The van der Waals surface area contributed by atoms with E-state index in [0.717, 1.165) is 0 Å². The van der Waals surface area contributed by atoms with Crippen molar-refractivity contribution in [2.24, 2.45) is 0 Å². The van der Waals surface area contributed by atoms with Gasteiger partial charge in [-0.25, -0.2) is 0 Å². The van der Waals surface area contributed by atoms with Crippen LogP contribution in [-0.2, 0) is 16.8 Å². The monoisotopic (exact) mass is 125 g/mol. The van der Waals surface area contributed by atoms with Gasteiger partial charge < -0.3 is 21.0 Å². The third-order valence-corrected chi connectivity index (χ3v) is 0. The van der Waals surface area contributed by atoms with Gasteiger partial charge in [0.15, 0.2) is 0 Å². The summed E-state index contributed by atoms with van der Waals surface area (Å²) in [6, 6.07) is 0. The molecule has 0 aromatic rings. The molecule has 0 unspecified atom stereocenters. The van der Waals surface area contributed by atoms with Crippen LogP contribution in [-0.4, -0.2) is 10.5 Å². The van der Waals surface area contributed by atoms with Crippen molar-refractivity contribution in [3.63, 3.8) is 0 Å². The molecule has 1 radical (unpaired) electrons. The zero-order valence-electron chi connectivity index (χ0n) is 2.04. The molecule has 0 spiro atoms. The van der Waals surface area contributed by atoms with Crippen molar-refractivity contribution in [1.29, 1.82) is 0 Å². The van der Waals surface area contributed by atoms with Gasteiger partial charge in [-0.15, -0.1) is 0 Å². The standard InChI is InChI=1S/Co.2H2O2/c;2*1-2/h;2*1-2H/q+2;;/p-2. The first kappa shape index (κ1) is 18.3. The second kappa shape index (κ2) is 405. The first-order chi connectivity index (χ1) is 2.00. The van der Waals surface area contributed by atoms with Crippen LogP contribution in [0, 0.1) is 0 Å². The fraction of sp³-hybridized carbons (Fsp3) is 0. The van der Waals surface area contributed by atoms with Gasteiger partial charge in [0.1, 0.15) is 0 Å². The predicted molar refractivity (Wildman–Crippen MR) is 5.26 cm³/mol. The predicted octanol–water partition coefficient (Wildman–Crippen LogP) is -2.36. The van der Waals surface area contributed by atoms with Crippen molar-refractivity contribution in [1.82, 2.24) is 0 Å². The van der Waals surface area contributed by atoms with E-state index < -0.39 is 0 Å². The summed E-state index contributed by atoms with van der Waals surface area (Å²) in [6.45, 7) is 0. The second-order valence-corrected chi connectivity index (χ2v) is 0. The van der Waals surface area contributed by atoms with E-state index in [1.165, 1.54) is 0 Å². The SMILES string of the molecule is [Co+2].[O-]O.[O-]O. The summed E-state index contributed by atoms with van der Waals surface area (Å²) in [5, 5.41) is 26.0. The molecule has 0 aromatic carbocycles. The van der Waals surface area contributed by atoms with Crippen LogP contribution in [0.5, 0.6) is 0 Å². The minimum absolute atomic E-state index is 0. The maximum atomic E-state index is 7.25. The van der Waals surface area contributed by atoms with E-state index in [0.29, 0.717) is 0 Å². The minimum Gasteiger partial charge on any atom is -0.727 e. The zero-order valence-corrected chi connectivity index (χ0v) is 3.09. The molecule has 0 heterocycles. The van der Waals surface area contributed by atoms with Gasteiger partial charge >= 0.3 is 16.8 Å². The minimum atomic E-state index is 0. The van der Waals surface area contributed by atoms with Crippen molar-refractivity contribution >= 4 is 0 Å². The molecular weight excluding hydrogens is 123 g/mol. The molecule has 0 bridgehead atoms. The molecule has 0 atom stereocenters. The van der Waals surface area contributed by atoms with Gasteiger partial charge in [-0.05, 0) is 0 Å². The Kier molecular flexibility index (Phi) is 1490. The van der Waals surface area contributed by atoms with Gasteiger partial charge in [0.25, 0.3) is 0 Å². The van der Waals surface area contributed by atoms with E-state index in [9.17, 15) is 0 Å². The summed E-state index contributed by atoms with van der Waals surface area (Å²) in [5.41, 5.74) is 0. The summed E-state index contributed by atoms with van der Waals surface area (Å²) in [7, 11) is 0. The Labute approximate surface area is 38.7 Å². The molecule has 0 aliphatic carbocycles. The number of rotatable bonds is 0. The third kappa shape index (κ3) is 199. The molecule has 0 fully saturated rings. The molecule has 35 valence electrons. The fourth-order valence-electron chi connectivity index (χ4n) is 0. The molecule has 0 aliphatic heterocycles. The summed E-state index contributed by atoms with van der Waals surface area (Å²) in [4.78, 5) is 0. The smallest absolute Gasteiger partial charge is 0.727 e. The van der Waals surface area contributed by atoms with Crippen LogP contribution in [0.4, 0.5) is 0 Å². The summed E-state index contributed by atoms with van der Waals surface area (Å²) in [6.07, 6.45) is 0. The molecular formula is H2CoO4. The van der Waals surface area contributed by atoms with Crippen LogP contribution in [0.2, 0.25) is 0 Å². The average Bonchev–Trinajstić information content (AvgIpc) is 1.50. The van der Waals surface area contributed by atoms with Crippen molar-refractivity contribution < 1.29 is 37.8 Å². The van der Waals surface area contributed by atoms with Gasteiger partial charge in [0.2, 0.25) is 0 Å². The second-order valence-electron chi connectivity index (χ2n) is 0. The maximum Gasteiger partial charge on any atom is 2.00 e. The van der Waals surface area contributed by atoms with E-state index in [4.69, 9.17) is 21.0 Å². The number of hydrogen-bond acceptors (Lipinski definition) is 4. The summed E-state index contributed by atoms with van der Waals surface area (Å²) in [5.74, 6) is 0. The van der Waals surface area contributed by atoms with Crippen molar-refractivity contribution in [2.45, 2.75) is 0 Å². The normalized spacial score (nSPS) is 2.40. The van der Waals surface area contributed by atoms with Gasteiger partial charge in [-0.3, -0.25) is 0 Å². The van der Waals surface area contributed by atoms with Crippen molar-refractivity contribution in [3.8, 4) is 0 Å². The molecule has 0 amide bonds. The van der Waals surface area contributed by atoms with Crippen LogP contribution in [0.1, 0.15) is 0 Å². The summed E-state index contributed by atoms with van der Waals surface area (Å²) < 4.78 is 0. The number of hydrogen-bond donors (Lipinski definition) is 2. The molecule has 5 heavy (non-hydrogen) atoms. The molecule has 5 heteroatoms. The molecule has 0 aliphatic rings. The zero-order chi connectivity index (χ0) is 4.00. The van der Waals surface area contributed by atoms with Crippen LogP contribution >= 0.6 is 0 Å². The fourth-order valence-corrected chi connectivity index (χ4v) is 0. The molecule has 0 rings (SSSR count). The van der Waals surface area contributed by atoms with Gasteiger partial charge in [0.05, 0.1) is 0 Å². The Morgan fingerprint density at radius 2 is 0.800 bits per heavy atom. The van der Waals surface area contributed by atoms with E-state index in [2.05, 4.69) is 0 Å². The Hall–Kier alpha value is 0.346. The van der Waals surface area contributed by atoms with Crippen LogP contribution in [0.25, 0.3) is 0 Å².